The molecule has 18 heavy (non-hydrogen) atoms. The minimum absolute atomic E-state index is 0.575. The molecule has 0 bridgehead atoms. The van der Waals surface area contributed by atoms with Gasteiger partial charge in [-0.05, 0) is 31.2 Å². The van der Waals surface area contributed by atoms with Gasteiger partial charge in [0.2, 0.25) is 0 Å². The fourth-order valence-corrected chi connectivity index (χ4v) is 2.22. The molecule has 96 valence electrons. The largest absolute Gasteiger partial charge is 0.272 e. The maximum absolute atomic E-state index is 9.38. The Morgan fingerprint density at radius 3 is 2.67 bits per heavy atom. The van der Waals surface area contributed by atoms with E-state index in [1.165, 1.54) is 0 Å². The molecule has 2 heterocycles. The summed E-state index contributed by atoms with van der Waals surface area (Å²) in [6, 6.07) is 2.26. The lowest BCUT2D eigenvalue weighted by Gasteiger charge is -2.27. The molecule has 0 aliphatic carbocycles. The second-order valence-electron chi connectivity index (χ2n) is 4.29. The first-order chi connectivity index (χ1) is 8.81. The molecule has 1 aromatic heterocycles. The van der Waals surface area contributed by atoms with Crippen LogP contribution in [0.2, 0.25) is 0 Å². The van der Waals surface area contributed by atoms with Crippen LogP contribution in [0.25, 0.3) is 0 Å². The van der Waals surface area contributed by atoms with Crippen LogP contribution in [0.3, 0.4) is 0 Å². The Morgan fingerprint density at radius 1 is 1.28 bits per heavy atom. The molecule has 0 atom stereocenters. The SMILES string of the molecule is CCc1nnc(N2CCCCO2)c(C#N)c1CC. The van der Waals surface area contributed by atoms with Crippen molar-refractivity contribution >= 4 is 5.82 Å². The third-order valence-corrected chi connectivity index (χ3v) is 3.18. The normalized spacial score (nSPS) is 15.5. The fraction of sp³-hybridized carbons (Fsp3) is 0.615. The van der Waals surface area contributed by atoms with Crippen LogP contribution < -0.4 is 5.06 Å². The van der Waals surface area contributed by atoms with Crippen LogP contribution in [0.15, 0.2) is 0 Å². The number of hydroxylamine groups is 1. The van der Waals surface area contributed by atoms with E-state index in [4.69, 9.17) is 4.84 Å². The van der Waals surface area contributed by atoms with E-state index < -0.39 is 0 Å². The topological polar surface area (TPSA) is 62.0 Å². The van der Waals surface area contributed by atoms with Crippen molar-refractivity contribution in [3.8, 4) is 6.07 Å². The lowest BCUT2D eigenvalue weighted by atomic mass is 10.0. The van der Waals surface area contributed by atoms with E-state index in [9.17, 15) is 5.26 Å². The maximum Gasteiger partial charge on any atom is 0.193 e. The number of nitrogens with zero attached hydrogens (tertiary/aromatic N) is 4. The van der Waals surface area contributed by atoms with Crippen molar-refractivity contribution in [3.05, 3.63) is 16.8 Å². The van der Waals surface area contributed by atoms with Crippen molar-refractivity contribution in [1.29, 1.82) is 5.26 Å². The minimum atomic E-state index is 0.575. The van der Waals surface area contributed by atoms with E-state index in [1.54, 1.807) is 5.06 Å². The predicted octanol–water partition coefficient (Wildman–Crippen LogP) is 2.00. The van der Waals surface area contributed by atoms with Crippen molar-refractivity contribution in [3.63, 3.8) is 0 Å². The molecule has 5 heteroatoms. The molecule has 0 radical (unpaired) electrons. The van der Waals surface area contributed by atoms with Gasteiger partial charge < -0.3 is 0 Å². The van der Waals surface area contributed by atoms with Gasteiger partial charge in [0.25, 0.3) is 0 Å². The summed E-state index contributed by atoms with van der Waals surface area (Å²) >= 11 is 0. The van der Waals surface area contributed by atoms with Crippen LogP contribution in [-0.4, -0.2) is 23.3 Å². The fourth-order valence-electron chi connectivity index (χ4n) is 2.22. The van der Waals surface area contributed by atoms with Crippen LogP contribution in [-0.2, 0) is 17.7 Å². The zero-order valence-corrected chi connectivity index (χ0v) is 10.9. The summed E-state index contributed by atoms with van der Waals surface area (Å²) < 4.78 is 0. The van der Waals surface area contributed by atoms with Gasteiger partial charge in [0, 0.05) is 6.54 Å². The molecule has 0 spiro atoms. The number of aromatic nitrogens is 2. The van der Waals surface area contributed by atoms with E-state index in [-0.39, 0.29) is 0 Å². The van der Waals surface area contributed by atoms with E-state index in [0.29, 0.717) is 18.0 Å². The van der Waals surface area contributed by atoms with Gasteiger partial charge in [-0.2, -0.15) is 10.4 Å². The first kappa shape index (κ1) is 12.8. The third-order valence-electron chi connectivity index (χ3n) is 3.18. The van der Waals surface area contributed by atoms with Crippen LogP contribution in [0.4, 0.5) is 5.82 Å². The van der Waals surface area contributed by atoms with Crippen LogP contribution in [0, 0.1) is 11.3 Å². The molecule has 1 aliphatic rings. The summed E-state index contributed by atoms with van der Waals surface area (Å²) in [7, 11) is 0. The average molecular weight is 246 g/mol. The van der Waals surface area contributed by atoms with Gasteiger partial charge in [0.15, 0.2) is 5.82 Å². The van der Waals surface area contributed by atoms with Gasteiger partial charge >= 0.3 is 0 Å². The minimum Gasteiger partial charge on any atom is -0.272 e. The molecule has 5 nitrogen and oxygen atoms in total. The Labute approximate surface area is 107 Å². The molecular formula is C13H18N4O. The highest BCUT2D eigenvalue weighted by molar-refractivity contribution is 5.56. The number of hydrogen-bond acceptors (Lipinski definition) is 5. The van der Waals surface area contributed by atoms with Gasteiger partial charge in [-0.1, -0.05) is 13.8 Å². The average Bonchev–Trinajstić information content (AvgIpc) is 2.46. The standard InChI is InChI=1S/C13H18N4O/c1-3-10-11(9-14)13(16-15-12(10)4-2)17-7-5-6-8-18-17/h3-8H2,1-2H3. The molecule has 1 fully saturated rings. The van der Waals surface area contributed by atoms with E-state index in [2.05, 4.69) is 16.3 Å². The molecular weight excluding hydrogens is 228 g/mol. The lowest BCUT2D eigenvalue weighted by molar-refractivity contribution is 0.0756. The Balaban J connectivity index is 2.44. The first-order valence-electron chi connectivity index (χ1n) is 6.50. The van der Waals surface area contributed by atoms with E-state index in [1.807, 2.05) is 13.8 Å². The first-order valence-corrected chi connectivity index (χ1v) is 6.50. The number of hydrogen-bond donors (Lipinski definition) is 0. The van der Waals surface area contributed by atoms with Gasteiger partial charge in [-0.25, -0.2) is 5.06 Å². The Hall–Kier alpha value is -1.67. The zero-order valence-electron chi connectivity index (χ0n) is 10.9. The van der Waals surface area contributed by atoms with Gasteiger partial charge in [-0.15, -0.1) is 5.10 Å². The Morgan fingerprint density at radius 2 is 2.11 bits per heavy atom. The lowest BCUT2D eigenvalue weighted by Crippen LogP contribution is -2.32. The number of anilines is 1. The third kappa shape index (κ3) is 2.29. The molecule has 1 aliphatic heterocycles. The van der Waals surface area contributed by atoms with Crippen molar-refractivity contribution in [2.24, 2.45) is 0 Å². The summed E-state index contributed by atoms with van der Waals surface area (Å²) in [5.41, 5.74) is 2.53. The van der Waals surface area contributed by atoms with E-state index in [0.717, 1.165) is 43.5 Å². The van der Waals surface area contributed by atoms with E-state index >= 15 is 0 Å². The molecule has 0 N–H and O–H groups in total. The molecule has 1 saturated heterocycles. The van der Waals surface area contributed by atoms with Crippen LogP contribution >= 0.6 is 0 Å². The maximum atomic E-state index is 9.38. The van der Waals surface area contributed by atoms with Crippen molar-refractivity contribution in [1.82, 2.24) is 10.2 Å². The van der Waals surface area contributed by atoms with Gasteiger partial charge in [0.05, 0.1) is 12.3 Å². The smallest absolute Gasteiger partial charge is 0.193 e. The molecule has 0 aromatic carbocycles. The quantitative estimate of drug-likeness (QED) is 0.816. The highest BCUT2D eigenvalue weighted by Crippen LogP contribution is 2.25. The van der Waals surface area contributed by atoms with Crippen LogP contribution in [0.1, 0.15) is 43.5 Å². The second kappa shape index (κ2) is 5.78. The van der Waals surface area contributed by atoms with Crippen molar-refractivity contribution in [2.45, 2.75) is 39.5 Å². The van der Waals surface area contributed by atoms with Crippen molar-refractivity contribution in [2.75, 3.05) is 18.2 Å². The molecule has 0 unspecified atom stereocenters. The molecule has 0 saturated carbocycles. The van der Waals surface area contributed by atoms with Crippen molar-refractivity contribution < 1.29 is 4.84 Å². The summed E-state index contributed by atoms with van der Waals surface area (Å²) in [6.45, 7) is 5.53. The summed E-state index contributed by atoms with van der Waals surface area (Å²) in [5.74, 6) is 0.575. The molecule has 2 rings (SSSR count). The zero-order chi connectivity index (χ0) is 13.0. The molecule has 1 aromatic rings. The second-order valence-corrected chi connectivity index (χ2v) is 4.29. The Bertz CT molecular complexity index is 461. The Kier molecular flexibility index (Phi) is 4.11. The van der Waals surface area contributed by atoms with Gasteiger partial charge in [0.1, 0.15) is 11.6 Å². The highest BCUT2D eigenvalue weighted by atomic mass is 16.7. The predicted molar refractivity (Wildman–Crippen MR) is 68.0 cm³/mol. The molecule has 0 amide bonds. The van der Waals surface area contributed by atoms with Gasteiger partial charge in [-0.3, -0.25) is 4.84 Å². The summed E-state index contributed by atoms with van der Waals surface area (Å²) in [5, 5.41) is 19.5. The van der Waals surface area contributed by atoms with Crippen LogP contribution in [0.5, 0.6) is 0 Å². The monoisotopic (exact) mass is 246 g/mol. The summed E-state index contributed by atoms with van der Waals surface area (Å²) in [4.78, 5) is 5.56. The summed E-state index contributed by atoms with van der Waals surface area (Å²) in [6.07, 6.45) is 3.71. The highest BCUT2D eigenvalue weighted by Gasteiger charge is 2.21. The number of rotatable bonds is 3. The number of nitriles is 1. The number of aryl methyl sites for hydroxylation is 1.